The largest absolute Gasteiger partial charge is 0.351 e. The highest BCUT2D eigenvalue weighted by Crippen LogP contribution is 2.53. The molecule has 3 nitrogen and oxygen atoms in total. The Morgan fingerprint density at radius 1 is 0.833 bits per heavy atom. The van der Waals surface area contributed by atoms with Gasteiger partial charge < -0.3 is 10.6 Å². The molecular formula is C15H14N2O. The van der Waals surface area contributed by atoms with E-state index in [0.29, 0.717) is 0 Å². The number of rotatable bonds is 2. The lowest BCUT2D eigenvalue weighted by molar-refractivity contribution is 0.234. The third kappa shape index (κ3) is 1.74. The van der Waals surface area contributed by atoms with Crippen molar-refractivity contribution in [3.8, 4) is 0 Å². The van der Waals surface area contributed by atoms with Gasteiger partial charge in [0.15, 0.2) is 0 Å². The topological polar surface area (TPSA) is 46.1 Å². The molecule has 1 aliphatic rings. The molecule has 0 bridgehead atoms. The summed E-state index contributed by atoms with van der Waals surface area (Å²) in [5.41, 5.74) is 7.70. The van der Waals surface area contributed by atoms with Crippen molar-refractivity contribution in [1.82, 2.24) is 4.90 Å². The van der Waals surface area contributed by atoms with E-state index in [9.17, 15) is 4.79 Å². The van der Waals surface area contributed by atoms with Crippen molar-refractivity contribution in [1.29, 1.82) is 0 Å². The molecule has 3 heteroatoms. The molecule has 0 spiro atoms. The molecule has 1 heterocycles. The number of primary amides is 1. The quantitative estimate of drug-likeness (QED) is 0.803. The fourth-order valence-electron chi connectivity index (χ4n) is 2.49. The first-order valence-corrected chi connectivity index (χ1v) is 5.96. The van der Waals surface area contributed by atoms with Crippen LogP contribution in [0.1, 0.15) is 23.2 Å². The van der Waals surface area contributed by atoms with Crippen molar-refractivity contribution in [2.75, 3.05) is 0 Å². The summed E-state index contributed by atoms with van der Waals surface area (Å²) in [6, 6.07) is 19.8. The minimum atomic E-state index is -0.363. The lowest BCUT2D eigenvalue weighted by Crippen LogP contribution is -2.19. The standard InChI is InChI=1S/C15H14N2O/c16-15(18)17-13(11-7-3-1-4-8-11)14(17)12-9-5-2-6-10-12/h1-10,13-14H,(H2,16,18)/t13-,14-/m1/s1. The summed E-state index contributed by atoms with van der Waals surface area (Å²) in [6.45, 7) is 0. The number of hydrogen-bond acceptors (Lipinski definition) is 1. The van der Waals surface area contributed by atoms with Gasteiger partial charge in [0.2, 0.25) is 0 Å². The van der Waals surface area contributed by atoms with Crippen LogP contribution in [0, 0.1) is 0 Å². The second-order valence-electron chi connectivity index (χ2n) is 4.46. The van der Waals surface area contributed by atoms with Gasteiger partial charge in [-0.1, -0.05) is 60.7 Å². The minimum absolute atomic E-state index is 0.0751. The molecule has 1 aliphatic heterocycles. The maximum Gasteiger partial charge on any atom is 0.315 e. The monoisotopic (exact) mass is 238 g/mol. The van der Waals surface area contributed by atoms with Gasteiger partial charge in [-0.2, -0.15) is 0 Å². The molecule has 0 aliphatic carbocycles. The summed E-state index contributed by atoms with van der Waals surface area (Å²) >= 11 is 0. The van der Waals surface area contributed by atoms with Crippen LogP contribution in [-0.4, -0.2) is 10.9 Å². The summed E-state index contributed by atoms with van der Waals surface area (Å²) in [5, 5.41) is 0. The predicted octanol–water partition coefficient (Wildman–Crippen LogP) is 2.86. The molecule has 1 fully saturated rings. The second kappa shape index (κ2) is 4.18. The van der Waals surface area contributed by atoms with Gasteiger partial charge in [-0.15, -0.1) is 0 Å². The lowest BCUT2D eigenvalue weighted by atomic mass is 10.0. The van der Waals surface area contributed by atoms with Crippen LogP contribution in [0.15, 0.2) is 60.7 Å². The Balaban J connectivity index is 1.94. The van der Waals surface area contributed by atoms with Crippen LogP contribution in [-0.2, 0) is 0 Å². The maximum atomic E-state index is 11.5. The van der Waals surface area contributed by atoms with E-state index in [2.05, 4.69) is 0 Å². The zero-order valence-corrected chi connectivity index (χ0v) is 9.86. The number of carbonyl (C=O) groups is 1. The first kappa shape index (κ1) is 10.8. The molecule has 2 atom stereocenters. The third-order valence-corrected chi connectivity index (χ3v) is 3.35. The van der Waals surface area contributed by atoms with Gasteiger partial charge in [-0.05, 0) is 11.1 Å². The number of hydrogen-bond donors (Lipinski definition) is 1. The highest BCUT2D eigenvalue weighted by molar-refractivity contribution is 5.77. The number of carbonyl (C=O) groups excluding carboxylic acids is 1. The average molecular weight is 238 g/mol. The fraction of sp³-hybridized carbons (Fsp3) is 0.133. The summed E-state index contributed by atoms with van der Waals surface area (Å²) in [6.07, 6.45) is 0. The average Bonchev–Trinajstić information content (AvgIpc) is 3.16. The van der Waals surface area contributed by atoms with Crippen LogP contribution in [0.3, 0.4) is 0 Å². The highest BCUT2D eigenvalue weighted by Gasteiger charge is 2.51. The van der Waals surface area contributed by atoms with E-state index in [1.807, 2.05) is 60.7 Å². The Morgan fingerprint density at radius 2 is 1.22 bits per heavy atom. The van der Waals surface area contributed by atoms with Crippen LogP contribution in [0.25, 0.3) is 0 Å². The number of amides is 2. The first-order valence-electron chi connectivity index (χ1n) is 5.96. The predicted molar refractivity (Wildman–Crippen MR) is 69.8 cm³/mol. The molecule has 2 amide bonds. The van der Waals surface area contributed by atoms with Crippen LogP contribution in [0.2, 0.25) is 0 Å². The van der Waals surface area contributed by atoms with E-state index in [1.165, 1.54) is 0 Å². The van der Waals surface area contributed by atoms with Crippen molar-refractivity contribution in [3.63, 3.8) is 0 Å². The Morgan fingerprint density at radius 3 is 1.56 bits per heavy atom. The van der Waals surface area contributed by atoms with Gasteiger partial charge in [0.1, 0.15) is 0 Å². The molecule has 0 unspecified atom stereocenters. The summed E-state index contributed by atoms with van der Waals surface area (Å²) in [7, 11) is 0. The van der Waals surface area contributed by atoms with E-state index in [-0.39, 0.29) is 18.1 Å². The summed E-state index contributed by atoms with van der Waals surface area (Å²) in [4.78, 5) is 13.2. The van der Waals surface area contributed by atoms with E-state index >= 15 is 0 Å². The number of urea groups is 1. The van der Waals surface area contributed by atoms with E-state index in [4.69, 9.17) is 5.73 Å². The maximum absolute atomic E-state index is 11.5. The van der Waals surface area contributed by atoms with E-state index in [0.717, 1.165) is 11.1 Å². The third-order valence-electron chi connectivity index (χ3n) is 3.35. The van der Waals surface area contributed by atoms with Gasteiger partial charge in [0.25, 0.3) is 0 Å². The van der Waals surface area contributed by atoms with Crippen LogP contribution in [0.5, 0.6) is 0 Å². The van der Waals surface area contributed by atoms with Crippen LogP contribution >= 0.6 is 0 Å². The fourth-order valence-corrected chi connectivity index (χ4v) is 2.49. The summed E-state index contributed by atoms with van der Waals surface area (Å²) < 4.78 is 0. The van der Waals surface area contributed by atoms with Crippen molar-refractivity contribution in [3.05, 3.63) is 71.8 Å². The molecule has 0 radical (unpaired) electrons. The van der Waals surface area contributed by atoms with Crippen molar-refractivity contribution < 1.29 is 4.79 Å². The van der Waals surface area contributed by atoms with Gasteiger partial charge >= 0.3 is 6.03 Å². The number of nitrogens with two attached hydrogens (primary N) is 1. The lowest BCUT2D eigenvalue weighted by Gasteiger charge is -1.98. The molecule has 0 saturated carbocycles. The first-order chi connectivity index (χ1) is 8.79. The molecule has 90 valence electrons. The summed E-state index contributed by atoms with van der Waals surface area (Å²) in [5.74, 6) is 0. The molecule has 1 saturated heterocycles. The molecule has 2 aromatic carbocycles. The van der Waals surface area contributed by atoms with E-state index in [1.54, 1.807) is 4.90 Å². The normalized spacial score (nSPS) is 21.7. The van der Waals surface area contributed by atoms with Crippen molar-refractivity contribution >= 4 is 6.03 Å². The molecule has 3 rings (SSSR count). The van der Waals surface area contributed by atoms with Gasteiger partial charge in [-0.25, -0.2) is 4.79 Å². The Kier molecular flexibility index (Phi) is 2.52. The zero-order valence-electron chi connectivity index (χ0n) is 9.86. The Bertz CT molecular complexity index is 508. The van der Waals surface area contributed by atoms with Crippen LogP contribution < -0.4 is 5.73 Å². The van der Waals surface area contributed by atoms with Gasteiger partial charge in [0, 0.05) is 0 Å². The second-order valence-corrected chi connectivity index (χ2v) is 4.46. The number of benzene rings is 2. The van der Waals surface area contributed by atoms with Crippen molar-refractivity contribution in [2.45, 2.75) is 12.1 Å². The molecular weight excluding hydrogens is 224 g/mol. The highest BCUT2D eigenvalue weighted by atomic mass is 16.2. The van der Waals surface area contributed by atoms with Gasteiger partial charge in [0.05, 0.1) is 12.1 Å². The van der Waals surface area contributed by atoms with Gasteiger partial charge in [-0.3, -0.25) is 0 Å². The van der Waals surface area contributed by atoms with Crippen LogP contribution in [0.4, 0.5) is 4.79 Å². The molecule has 2 N–H and O–H groups in total. The minimum Gasteiger partial charge on any atom is -0.351 e. The SMILES string of the molecule is NC(=O)N1[C@H](c2ccccc2)[C@H]1c1ccccc1. The molecule has 2 aromatic rings. The van der Waals surface area contributed by atoms with Crippen molar-refractivity contribution in [2.24, 2.45) is 5.73 Å². The Hall–Kier alpha value is -2.29. The Labute approximate surface area is 106 Å². The number of nitrogens with zero attached hydrogens (tertiary/aromatic N) is 1. The van der Waals surface area contributed by atoms with E-state index < -0.39 is 0 Å². The zero-order chi connectivity index (χ0) is 12.5. The molecule has 0 aromatic heterocycles. The molecule has 18 heavy (non-hydrogen) atoms. The smallest absolute Gasteiger partial charge is 0.315 e.